The Morgan fingerprint density at radius 2 is 1.89 bits per heavy atom. The number of hydrogen-bond acceptors (Lipinski definition) is 3. The summed E-state index contributed by atoms with van der Waals surface area (Å²) in [5, 5.41) is 10.7. The smallest absolute Gasteiger partial charge is 0.234 e. The van der Waals surface area contributed by atoms with Crippen molar-refractivity contribution in [3.8, 4) is 0 Å². The molecule has 0 amide bonds. The number of halogens is 1. The van der Waals surface area contributed by atoms with E-state index in [0.717, 1.165) is 11.0 Å². The predicted octanol–water partition coefficient (Wildman–Crippen LogP) is 2.00. The van der Waals surface area contributed by atoms with Crippen LogP contribution in [0.4, 0.5) is 0 Å². The molecule has 0 aliphatic heterocycles. The standard InChI is InChI=1S/C12H16ClNO3S/c1-12(2,9-15)14-18(16,17)8-7-10-3-5-11(13)6-4-10/h3-8,14-15H,9H2,1-2H3/b8-7+. The van der Waals surface area contributed by atoms with Crippen LogP contribution < -0.4 is 4.72 Å². The first-order valence-electron chi connectivity index (χ1n) is 5.33. The van der Waals surface area contributed by atoms with Crippen molar-refractivity contribution in [1.82, 2.24) is 4.72 Å². The van der Waals surface area contributed by atoms with Gasteiger partial charge in [0.05, 0.1) is 12.1 Å². The van der Waals surface area contributed by atoms with Crippen molar-refractivity contribution in [3.05, 3.63) is 40.3 Å². The van der Waals surface area contributed by atoms with E-state index < -0.39 is 15.6 Å². The molecule has 100 valence electrons. The van der Waals surface area contributed by atoms with E-state index in [1.165, 1.54) is 6.08 Å². The van der Waals surface area contributed by atoms with Crippen LogP contribution in [0, 0.1) is 0 Å². The lowest BCUT2D eigenvalue weighted by Gasteiger charge is -2.21. The molecule has 2 N–H and O–H groups in total. The summed E-state index contributed by atoms with van der Waals surface area (Å²) in [4.78, 5) is 0. The topological polar surface area (TPSA) is 66.4 Å². The van der Waals surface area contributed by atoms with Crippen molar-refractivity contribution >= 4 is 27.7 Å². The van der Waals surface area contributed by atoms with Crippen molar-refractivity contribution in [2.24, 2.45) is 0 Å². The van der Waals surface area contributed by atoms with Crippen molar-refractivity contribution in [2.75, 3.05) is 6.61 Å². The maximum atomic E-state index is 11.7. The number of hydrogen-bond donors (Lipinski definition) is 2. The third-order valence-corrected chi connectivity index (χ3v) is 3.71. The molecule has 1 aromatic carbocycles. The van der Waals surface area contributed by atoms with Gasteiger partial charge in [-0.25, -0.2) is 13.1 Å². The molecule has 0 atom stereocenters. The van der Waals surface area contributed by atoms with Gasteiger partial charge in [-0.1, -0.05) is 23.7 Å². The Kier molecular flexibility index (Phi) is 4.92. The Balaban J connectivity index is 2.80. The van der Waals surface area contributed by atoms with Gasteiger partial charge in [0, 0.05) is 10.4 Å². The van der Waals surface area contributed by atoms with Gasteiger partial charge in [0.25, 0.3) is 0 Å². The minimum Gasteiger partial charge on any atom is -0.394 e. The molecule has 6 heteroatoms. The second-order valence-electron chi connectivity index (χ2n) is 4.54. The second kappa shape index (κ2) is 5.84. The minimum atomic E-state index is -3.58. The van der Waals surface area contributed by atoms with Crippen LogP contribution in [0.3, 0.4) is 0 Å². The van der Waals surface area contributed by atoms with Crippen LogP contribution in [0.5, 0.6) is 0 Å². The van der Waals surface area contributed by atoms with Gasteiger partial charge in [0.1, 0.15) is 0 Å². The summed E-state index contributed by atoms with van der Waals surface area (Å²) in [6.45, 7) is 2.92. The molecule has 0 radical (unpaired) electrons. The van der Waals surface area contributed by atoms with Gasteiger partial charge in [-0.05, 0) is 37.6 Å². The zero-order valence-corrected chi connectivity index (χ0v) is 11.8. The molecule has 1 rings (SSSR count). The number of nitrogens with one attached hydrogen (secondary N) is 1. The van der Waals surface area contributed by atoms with E-state index in [1.54, 1.807) is 38.1 Å². The highest BCUT2D eigenvalue weighted by Crippen LogP contribution is 2.11. The fraction of sp³-hybridized carbons (Fsp3) is 0.333. The van der Waals surface area contributed by atoms with E-state index in [0.29, 0.717) is 5.02 Å². The van der Waals surface area contributed by atoms with Crippen LogP contribution in [-0.2, 0) is 10.0 Å². The van der Waals surface area contributed by atoms with Gasteiger partial charge in [0.2, 0.25) is 10.0 Å². The SMILES string of the molecule is CC(C)(CO)NS(=O)(=O)/C=C/c1ccc(Cl)cc1. The molecule has 0 aliphatic rings. The molecule has 0 saturated carbocycles. The van der Waals surface area contributed by atoms with E-state index >= 15 is 0 Å². The largest absolute Gasteiger partial charge is 0.394 e. The molecule has 0 fully saturated rings. The lowest BCUT2D eigenvalue weighted by Crippen LogP contribution is -2.45. The molecule has 0 spiro atoms. The molecular weight excluding hydrogens is 274 g/mol. The third kappa shape index (κ3) is 5.18. The maximum Gasteiger partial charge on any atom is 0.234 e. The normalized spacial score (nSPS) is 13.1. The number of benzene rings is 1. The van der Waals surface area contributed by atoms with Crippen LogP contribution in [0.2, 0.25) is 5.02 Å². The van der Waals surface area contributed by atoms with E-state index in [1.807, 2.05) is 0 Å². The van der Waals surface area contributed by atoms with Crippen molar-refractivity contribution < 1.29 is 13.5 Å². The first kappa shape index (κ1) is 15.2. The fourth-order valence-corrected chi connectivity index (χ4v) is 2.56. The quantitative estimate of drug-likeness (QED) is 0.871. The average molecular weight is 290 g/mol. The molecule has 4 nitrogen and oxygen atoms in total. The summed E-state index contributed by atoms with van der Waals surface area (Å²) in [5.74, 6) is 0. The molecular formula is C12H16ClNO3S. The van der Waals surface area contributed by atoms with Crippen LogP contribution in [0.25, 0.3) is 6.08 Å². The summed E-state index contributed by atoms with van der Waals surface area (Å²) in [6.07, 6.45) is 1.46. The van der Waals surface area contributed by atoms with Gasteiger partial charge in [-0.15, -0.1) is 0 Å². The number of aliphatic hydroxyl groups excluding tert-OH is 1. The Hall–Kier alpha value is -0.880. The lowest BCUT2D eigenvalue weighted by molar-refractivity contribution is 0.209. The summed E-state index contributed by atoms with van der Waals surface area (Å²) in [6, 6.07) is 6.79. The summed E-state index contributed by atoms with van der Waals surface area (Å²) in [5.41, 5.74) is -0.157. The Morgan fingerprint density at radius 3 is 2.39 bits per heavy atom. The van der Waals surface area contributed by atoms with E-state index in [9.17, 15) is 8.42 Å². The average Bonchev–Trinajstić information content (AvgIpc) is 2.27. The Bertz CT molecular complexity index is 521. The van der Waals surface area contributed by atoms with Crippen LogP contribution in [0.15, 0.2) is 29.7 Å². The molecule has 0 aromatic heterocycles. The van der Waals surface area contributed by atoms with Crippen LogP contribution in [0.1, 0.15) is 19.4 Å². The van der Waals surface area contributed by atoms with E-state index in [2.05, 4.69) is 4.72 Å². The minimum absolute atomic E-state index is 0.277. The third-order valence-electron chi connectivity index (χ3n) is 2.12. The first-order valence-corrected chi connectivity index (χ1v) is 7.25. The van der Waals surface area contributed by atoms with Crippen LogP contribution >= 0.6 is 11.6 Å². The fourth-order valence-electron chi connectivity index (χ4n) is 1.19. The molecule has 18 heavy (non-hydrogen) atoms. The van der Waals surface area contributed by atoms with Gasteiger partial charge in [-0.2, -0.15) is 0 Å². The van der Waals surface area contributed by atoms with Crippen LogP contribution in [-0.4, -0.2) is 25.7 Å². The van der Waals surface area contributed by atoms with Gasteiger partial charge < -0.3 is 5.11 Å². The lowest BCUT2D eigenvalue weighted by atomic mass is 10.1. The zero-order valence-electron chi connectivity index (χ0n) is 10.2. The Labute approximate surface area is 112 Å². The van der Waals surface area contributed by atoms with Crippen molar-refractivity contribution in [3.63, 3.8) is 0 Å². The van der Waals surface area contributed by atoms with Gasteiger partial charge in [-0.3, -0.25) is 0 Å². The second-order valence-corrected chi connectivity index (χ2v) is 6.55. The molecule has 1 aromatic rings. The summed E-state index contributed by atoms with van der Waals surface area (Å²) >= 11 is 5.73. The number of rotatable bonds is 5. The Morgan fingerprint density at radius 1 is 1.33 bits per heavy atom. The number of aliphatic hydroxyl groups is 1. The van der Waals surface area contributed by atoms with E-state index in [4.69, 9.17) is 16.7 Å². The first-order chi connectivity index (χ1) is 8.24. The molecule has 0 unspecified atom stereocenters. The predicted molar refractivity (Wildman–Crippen MR) is 73.7 cm³/mol. The van der Waals surface area contributed by atoms with Gasteiger partial charge >= 0.3 is 0 Å². The number of sulfonamides is 1. The highest BCUT2D eigenvalue weighted by atomic mass is 35.5. The summed E-state index contributed by atoms with van der Waals surface area (Å²) < 4.78 is 25.8. The highest BCUT2D eigenvalue weighted by Gasteiger charge is 2.21. The zero-order chi connectivity index (χ0) is 13.8. The molecule has 0 saturated heterocycles. The highest BCUT2D eigenvalue weighted by molar-refractivity contribution is 7.92. The van der Waals surface area contributed by atoms with E-state index in [-0.39, 0.29) is 6.61 Å². The summed E-state index contributed by atoms with van der Waals surface area (Å²) in [7, 11) is -3.58. The maximum absolute atomic E-state index is 11.7. The molecule has 0 aliphatic carbocycles. The van der Waals surface area contributed by atoms with Crippen molar-refractivity contribution in [1.29, 1.82) is 0 Å². The molecule has 0 bridgehead atoms. The van der Waals surface area contributed by atoms with Gasteiger partial charge in [0.15, 0.2) is 0 Å². The molecule has 0 heterocycles. The monoisotopic (exact) mass is 289 g/mol. The van der Waals surface area contributed by atoms with Crippen molar-refractivity contribution in [2.45, 2.75) is 19.4 Å².